The van der Waals surface area contributed by atoms with Gasteiger partial charge in [0.05, 0.1) is 23.1 Å². The first-order valence-electron chi connectivity index (χ1n) is 9.99. The van der Waals surface area contributed by atoms with E-state index in [0.717, 1.165) is 31.8 Å². The van der Waals surface area contributed by atoms with Crippen LogP contribution in [0.3, 0.4) is 0 Å². The van der Waals surface area contributed by atoms with Crippen LogP contribution in [0.2, 0.25) is 0 Å². The fraction of sp³-hybridized carbons (Fsp3) is 0.435. The van der Waals surface area contributed by atoms with E-state index in [0.29, 0.717) is 0 Å². The Morgan fingerprint density at radius 1 is 1.15 bits per heavy atom. The molecule has 1 aliphatic heterocycles. The third-order valence-corrected chi connectivity index (χ3v) is 6.57. The molecule has 0 bridgehead atoms. The summed E-state index contributed by atoms with van der Waals surface area (Å²) in [6.45, 7) is 6.48. The van der Waals surface area contributed by atoms with Crippen LogP contribution < -0.4 is 4.90 Å². The van der Waals surface area contributed by atoms with Gasteiger partial charge in [-0.25, -0.2) is 0 Å². The van der Waals surface area contributed by atoms with Crippen molar-refractivity contribution in [1.29, 1.82) is 0 Å². The standard InChI is InChI=1S/C23H27N3/c1-15-16(2)25-23-21(13-24-20(22(15)23)12-17-6-5-7-17)26-11-10-18-8-3-4-9-19(18)14-26/h3-4,8-9,13,17,25H,5-7,10-12,14H2,1-2H3. The van der Waals surface area contributed by atoms with Crippen LogP contribution in [0.5, 0.6) is 0 Å². The molecule has 3 nitrogen and oxygen atoms in total. The zero-order valence-electron chi connectivity index (χ0n) is 15.8. The van der Waals surface area contributed by atoms with Gasteiger partial charge in [-0.3, -0.25) is 4.98 Å². The molecule has 0 amide bonds. The normalized spacial score (nSPS) is 17.4. The number of hydrogen-bond donors (Lipinski definition) is 1. The molecule has 26 heavy (non-hydrogen) atoms. The van der Waals surface area contributed by atoms with Gasteiger partial charge in [0.15, 0.2) is 0 Å². The van der Waals surface area contributed by atoms with Crippen LogP contribution in [0.4, 0.5) is 5.69 Å². The molecule has 0 radical (unpaired) electrons. The van der Waals surface area contributed by atoms with Gasteiger partial charge < -0.3 is 9.88 Å². The monoisotopic (exact) mass is 345 g/mol. The van der Waals surface area contributed by atoms with Crippen molar-refractivity contribution >= 4 is 16.6 Å². The van der Waals surface area contributed by atoms with Crippen LogP contribution in [0.15, 0.2) is 30.5 Å². The van der Waals surface area contributed by atoms with Gasteiger partial charge in [0.2, 0.25) is 0 Å². The molecule has 1 aromatic carbocycles. The van der Waals surface area contributed by atoms with Gasteiger partial charge in [-0.1, -0.05) is 43.5 Å². The predicted molar refractivity (Wildman–Crippen MR) is 108 cm³/mol. The lowest BCUT2D eigenvalue weighted by molar-refractivity contribution is 0.313. The molecule has 0 spiro atoms. The number of benzene rings is 1. The Kier molecular flexibility index (Phi) is 3.77. The number of aromatic amines is 1. The number of nitrogens with zero attached hydrogens (tertiary/aromatic N) is 2. The van der Waals surface area contributed by atoms with E-state index < -0.39 is 0 Å². The summed E-state index contributed by atoms with van der Waals surface area (Å²) in [6.07, 6.45) is 8.51. The van der Waals surface area contributed by atoms with Crippen LogP contribution >= 0.6 is 0 Å². The SMILES string of the molecule is Cc1[nH]c2c(N3CCc4ccccc4C3)cnc(CC3CCC3)c2c1C. The van der Waals surface area contributed by atoms with E-state index >= 15 is 0 Å². The number of aryl methyl sites for hydroxylation is 2. The van der Waals surface area contributed by atoms with E-state index in [2.05, 4.69) is 54.2 Å². The Morgan fingerprint density at radius 2 is 1.96 bits per heavy atom. The molecule has 0 atom stereocenters. The second-order valence-electron chi connectivity index (χ2n) is 8.16. The lowest BCUT2D eigenvalue weighted by atomic mass is 9.81. The minimum absolute atomic E-state index is 0.841. The summed E-state index contributed by atoms with van der Waals surface area (Å²) < 4.78 is 0. The van der Waals surface area contributed by atoms with Crippen molar-refractivity contribution in [3.8, 4) is 0 Å². The first-order valence-corrected chi connectivity index (χ1v) is 9.99. The summed E-state index contributed by atoms with van der Waals surface area (Å²) in [4.78, 5) is 11.2. The van der Waals surface area contributed by atoms with Gasteiger partial charge >= 0.3 is 0 Å². The fourth-order valence-electron chi connectivity index (χ4n) is 4.61. The third kappa shape index (κ3) is 2.53. The highest BCUT2D eigenvalue weighted by molar-refractivity contribution is 5.96. The number of fused-ring (bicyclic) bond motifs is 2. The highest BCUT2D eigenvalue weighted by Crippen LogP contribution is 2.37. The van der Waals surface area contributed by atoms with Crippen molar-refractivity contribution in [2.24, 2.45) is 5.92 Å². The molecular weight excluding hydrogens is 318 g/mol. The van der Waals surface area contributed by atoms with Crippen molar-refractivity contribution < 1.29 is 0 Å². The predicted octanol–water partition coefficient (Wildman–Crippen LogP) is 5.09. The molecule has 134 valence electrons. The van der Waals surface area contributed by atoms with Crippen molar-refractivity contribution in [1.82, 2.24) is 9.97 Å². The zero-order chi connectivity index (χ0) is 17.7. The third-order valence-electron chi connectivity index (χ3n) is 6.57. The zero-order valence-corrected chi connectivity index (χ0v) is 15.8. The second-order valence-corrected chi connectivity index (χ2v) is 8.16. The molecule has 1 aliphatic carbocycles. The molecule has 3 heterocycles. The van der Waals surface area contributed by atoms with Gasteiger partial charge in [0.1, 0.15) is 0 Å². The topological polar surface area (TPSA) is 31.9 Å². The quantitative estimate of drug-likeness (QED) is 0.717. The van der Waals surface area contributed by atoms with Gasteiger partial charge in [-0.15, -0.1) is 0 Å². The van der Waals surface area contributed by atoms with E-state index in [-0.39, 0.29) is 0 Å². The molecule has 1 saturated carbocycles. The number of nitrogens with one attached hydrogen (secondary N) is 1. The molecule has 3 aromatic rings. The summed E-state index contributed by atoms with van der Waals surface area (Å²) in [7, 11) is 0. The number of anilines is 1. The maximum atomic E-state index is 4.97. The van der Waals surface area contributed by atoms with E-state index in [4.69, 9.17) is 4.98 Å². The Labute approximate surface area is 155 Å². The van der Waals surface area contributed by atoms with Crippen LogP contribution in [0, 0.1) is 19.8 Å². The number of rotatable bonds is 3. The van der Waals surface area contributed by atoms with Gasteiger partial charge in [-0.05, 0) is 49.3 Å². The molecule has 2 aliphatic rings. The lowest BCUT2D eigenvalue weighted by Crippen LogP contribution is -2.30. The van der Waals surface area contributed by atoms with Gasteiger partial charge in [-0.2, -0.15) is 0 Å². The van der Waals surface area contributed by atoms with E-state index in [1.807, 2.05) is 0 Å². The van der Waals surface area contributed by atoms with Crippen molar-refractivity contribution in [3.63, 3.8) is 0 Å². The van der Waals surface area contributed by atoms with Crippen molar-refractivity contribution in [2.45, 2.75) is 52.5 Å². The minimum Gasteiger partial charge on any atom is -0.364 e. The van der Waals surface area contributed by atoms with Crippen LogP contribution in [0.25, 0.3) is 10.9 Å². The number of H-pyrrole nitrogens is 1. The first kappa shape index (κ1) is 15.9. The average Bonchev–Trinajstić information content (AvgIpc) is 2.93. The first-order chi connectivity index (χ1) is 12.7. The number of aromatic nitrogens is 2. The van der Waals surface area contributed by atoms with Crippen LogP contribution in [-0.4, -0.2) is 16.5 Å². The maximum absolute atomic E-state index is 4.97. The molecule has 5 rings (SSSR count). The fourth-order valence-corrected chi connectivity index (χ4v) is 4.61. The molecule has 3 heteroatoms. The Balaban J connectivity index is 1.56. The second kappa shape index (κ2) is 6.15. The molecule has 0 unspecified atom stereocenters. The molecule has 1 fully saturated rings. The van der Waals surface area contributed by atoms with E-state index in [1.165, 1.54) is 63.9 Å². The van der Waals surface area contributed by atoms with Crippen molar-refractivity contribution in [2.75, 3.05) is 11.4 Å². The molecule has 1 N–H and O–H groups in total. The highest BCUT2D eigenvalue weighted by atomic mass is 15.1. The minimum atomic E-state index is 0.841. The van der Waals surface area contributed by atoms with E-state index in [1.54, 1.807) is 0 Å². The average molecular weight is 345 g/mol. The van der Waals surface area contributed by atoms with Gasteiger partial charge in [0, 0.05) is 24.2 Å². The maximum Gasteiger partial charge on any atom is 0.0801 e. The molecule has 2 aromatic heterocycles. The lowest BCUT2D eigenvalue weighted by Gasteiger charge is -2.31. The molecular formula is C23H27N3. The summed E-state index contributed by atoms with van der Waals surface area (Å²) in [6, 6.07) is 8.84. The highest BCUT2D eigenvalue weighted by Gasteiger charge is 2.24. The Hall–Kier alpha value is -2.29. The summed E-state index contributed by atoms with van der Waals surface area (Å²) in [5.41, 5.74) is 9.46. The smallest absolute Gasteiger partial charge is 0.0801 e. The van der Waals surface area contributed by atoms with Crippen LogP contribution in [0.1, 0.15) is 47.3 Å². The van der Waals surface area contributed by atoms with Crippen LogP contribution in [-0.2, 0) is 19.4 Å². The van der Waals surface area contributed by atoms with E-state index in [9.17, 15) is 0 Å². The number of pyridine rings is 1. The largest absolute Gasteiger partial charge is 0.364 e. The number of hydrogen-bond acceptors (Lipinski definition) is 2. The summed E-state index contributed by atoms with van der Waals surface area (Å²) >= 11 is 0. The summed E-state index contributed by atoms with van der Waals surface area (Å²) in [5, 5.41) is 1.38. The van der Waals surface area contributed by atoms with Crippen molar-refractivity contribution in [3.05, 3.63) is 58.5 Å². The Morgan fingerprint density at radius 3 is 2.73 bits per heavy atom. The van der Waals surface area contributed by atoms with Gasteiger partial charge in [0.25, 0.3) is 0 Å². The Bertz CT molecular complexity index is 965. The summed E-state index contributed by atoms with van der Waals surface area (Å²) in [5.74, 6) is 0.841. The molecule has 0 saturated heterocycles.